The van der Waals surface area contributed by atoms with Crippen molar-refractivity contribution in [3.63, 3.8) is 0 Å². The van der Waals surface area contributed by atoms with Gasteiger partial charge >= 0.3 is 6.18 Å². The zero-order valence-corrected chi connectivity index (χ0v) is 23.6. The number of nitrogens with zero attached hydrogens (tertiary/aromatic N) is 2. The molecular formula is C28H28F5N3O3S2. The van der Waals surface area contributed by atoms with Crippen LogP contribution < -0.4 is 9.84 Å². The molecule has 0 saturated heterocycles. The van der Waals surface area contributed by atoms with Gasteiger partial charge < -0.3 is 5.32 Å². The molecular weight excluding hydrogens is 585 g/mol. The van der Waals surface area contributed by atoms with Gasteiger partial charge in [-0.15, -0.1) is 16.3 Å². The van der Waals surface area contributed by atoms with E-state index in [0.717, 1.165) is 50.3 Å². The zero-order valence-electron chi connectivity index (χ0n) is 22.0. The minimum Gasteiger partial charge on any atom is -0.351 e. The minimum absolute atomic E-state index is 0.113. The number of hydrogen-bond acceptors (Lipinski definition) is 5. The van der Waals surface area contributed by atoms with Gasteiger partial charge in [-0.1, -0.05) is 54.1 Å². The molecule has 1 atom stereocenters. The van der Waals surface area contributed by atoms with Crippen molar-refractivity contribution in [2.45, 2.75) is 61.0 Å². The lowest BCUT2D eigenvalue weighted by molar-refractivity contribution is -0.141. The lowest BCUT2D eigenvalue weighted by atomic mass is 9.90. The number of rotatable bonds is 9. The van der Waals surface area contributed by atoms with Crippen LogP contribution in [0.3, 0.4) is 0 Å². The molecule has 1 N–H and O–H groups in total. The molecule has 1 aliphatic carbocycles. The number of carbonyl (C=O) groups is 1. The van der Waals surface area contributed by atoms with Gasteiger partial charge in [-0.3, -0.25) is 4.79 Å². The van der Waals surface area contributed by atoms with E-state index in [0.29, 0.717) is 17.4 Å². The Morgan fingerprint density at radius 2 is 1.73 bits per heavy atom. The fourth-order valence-electron chi connectivity index (χ4n) is 4.64. The molecule has 0 radical (unpaired) electrons. The molecule has 3 aromatic rings. The van der Waals surface area contributed by atoms with Crippen molar-refractivity contribution in [3.8, 4) is 0 Å². The Bertz CT molecular complexity index is 1480. The average molecular weight is 614 g/mol. The van der Waals surface area contributed by atoms with E-state index in [1.807, 2.05) is 0 Å². The molecule has 1 heterocycles. The van der Waals surface area contributed by atoms with Crippen molar-refractivity contribution in [1.82, 2.24) is 10.3 Å². The summed E-state index contributed by atoms with van der Waals surface area (Å²) in [6.45, 7) is -0.144. The predicted molar refractivity (Wildman–Crippen MR) is 147 cm³/mol. The van der Waals surface area contributed by atoms with E-state index >= 15 is 0 Å². The second-order valence-corrected chi connectivity index (χ2v) is 12.9. The molecule has 0 bridgehead atoms. The molecule has 0 spiro atoms. The molecule has 41 heavy (non-hydrogen) atoms. The number of nitrogens with one attached hydrogen (secondary N) is 1. The number of halogens is 5. The van der Waals surface area contributed by atoms with Crippen molar-refractivity contribution in [3.05, 3.63) is 88.9 Å². The van der Waals surface area contributed by atoms with E-state index in [1.165, 1.54) is 54.2 Å². The fraction of sp³-hybridized carbons (Fsp3) is 0.357. The summed E-state index contributed by atoms with van der Waals surface area (Å²) in [5.74, 6) is -2.26. The third-order valence-corrected chi connectivity index (χ3v) is 8.85. The Kier molecular flexibility index (Phi) is 9.58. The van der Waals surface area contributed by atoms with Gasteiger partial charge in [-0.05, 0) is 54.3 Å². The van der Waals surface area contributed by atoms with Gasteiger partial charge in [0, 0.05) is 17.4 Å². The van der Waals surface area contributed by atoms with Crippen molar-refractivity contribution in [1.29, 1.82) is 0 Å². The van der Waals surface area contributed by atoms with Crippen LogP contribution in [-0.2, 0) is 27.5 Å². The summed E-state index contributed by atoms with van der Waals surface area (Å²) in [5, 5.41) is 3.03. The zero-order chi connectivity index (χ0) is 29.8. The molecule has 4 rings (SSSR count). The van der Waals surface area contributed by atoms with Crippen LogP contribution in [0, 0.1) is 5.82 Å². The highest BCUT2D eigenvalue weighted by atomic mass is 32.2. The first-order chi connectivity index (χ1) is 19.3. The van der Waals surface area contributed by atoms with Crippen LogP contribution >= 0.6 is 11.8 Å². The van der Waals surface area contributed by atoms with Crippen LogP contribution in [0.1, 0.15) is 60.4 Å². The molecule has 13 heteroatoms. The lowest BCUT2D eigenvalue weighted by Crippen LogP contribution is -2.30. The minimum atomic E-state index is -4.63. The number of benzene rings is 2. The van der Waals surface area contributed by atoms with E-state index in [-0.39, 0.29) is 28.1 Å². The highest BCUT2D eigenvalue weighted by Crippen LogP contribution is 2.37. The predicted octanol–water partition coefficient (Wildman–Crippen LogP) is 6.76. The smallest absolute Gasteiger partial charge is 0.351 e. The lowest BCUT2D eigenvalue weighted by Gasteiger charge is -2.23. The Morgan fingerprint density at radius 1 is 1.05 bits per heavy atom. The summed E-state index contributed by atoms with van der Waals surface area (Å²) < 4.78 is 91.5. The summed E-state index contributed by atoms with van der Waals surface area (Å²) in [7, 11) is -4.24. The topological polar surface area (TPSA) is 79.4 Å². The quantitative estimate of drug-likeness (QED) is 0.213. The van der Waals surface area contributed by atoms with E-state index < -0.39 is 44.1 Å². The Balaban J connectivity index is 1.64. The van der Waals surface area contributed by atoms with Crippen LogP contribution in [0.15, 0.2) is 65.7 Å². The number of carbonyl (C=O) groups excluding carboxylic acids is 1. The summed E-state index contributed by atoms with van der Waals surface area (Å²) >= 11 is 1.28. The van der Waals surface area contributed by atoms with Crippen LogP contribution in [0.4, 0.5) is 27.7 Å². The highest BCUT2D eigenvalue weighted by molar-refractivity contribution is 7.99. The maximum Gasteiger partial charge on any atom is 0.433 e. The Hall–Kier alpha value is -3.19. The fourth-order valence-corrected chi connectivity index (χ4v) is 6.47. The van der Waals surface area contributed by atoms with Gasteiger partial charge in [-0.2, -0.15) is 13.2 Å². The number of alkyl halides is 3. The van der Waals surface area contributed by atoms with Gasteiger partial charge in [0.15, 0.2) is 0 Å². The van der Waals surface area contributed by atoms with E-state index in [1.54, 1.807) is 0 Å². The molecule has 1 saturated carbocycles. The number of amides is 1. The number of pyridine rings is 1. The number of anilines is 1. The molecule has 1 unspecified atom stereocenters. The molecule has 6 nitrogen and oxygen atoms in total. The van der Waals surface area contributed by atoms with Crippen LogP contribution in [-0.4, -0.2) is 30.8 Å². The van der Waals surface area contributed by atoms with Crippen molar-refractivity contribution in [2.24, 2.45) is 0 Å². The second kappa shape index (κ2) is 12.8. The number of thioether (sulfide) groups is 1. The first-order valence-electron chi connectivity index (χ1n) is 12.9. The van der Waals surface area contributed by atoms with Gasteiger partial charge in [0.25, 0.3) is 10.0 Å². The maximum absolute atomic E-state index is 14.5. The largest absolute Gasteiger partial charge is 0.433 e. The second-order valence-electron chi connectivity index (χ2n) is 9.81. The van der Waals surface area contributed by atoms with E-state index in [2.05, 4.69) is 10.3 Å². The summed E-state index contributed by atoms with van der Waals surface area (Å²) in [6, 6.07) is 12.5. The monoisotopic (exact) mass is 613 g/mol. The van der Waals surface area contributed by atoms with E-state index in [9.17, 15) is 35.3 Å². The van der Waals surface area contributed by atoms with Crippen LogP contribution in [0.25, 0.3) is 0 Å². The van der Waals surface area contributed by atoms with Crippen LogP contribution in [0.5, 0.6) is 0 Å². The SMILES string of the molecule is CS(=O)(=O)N(F)c1cccc(C(C(=O)NCc2ccc(C(F)(F)F)nc2SC2CCCCC2)c2ccc(F)cc2)c1. The summed E-state index contributed by atoms with van der Waals surface area (Å²) in [4.78, 5) is 17.5. The Labute approximate surface area is 239 Å². The van der Waals surface area contributed by atoms with Gasteiger partial charge in [-0.25, -0.2) is 17.8 Å². The van der Waals surface area contributed by atoms with Gasteiger partial charge in [0.1, 0.15) is 16.5 Å². The normalized spacial score (nSPS) is 15.4. The number of aromatic nitrogens is 1. The summed E-state index contributed by atoms with van der Waals surface area (Å²) in [6.07, 6.45) is 0.816. The molecule has 0 aliphatic heterocycles. The third kappa shape index (κ3) is 7.97. The maximum atomic E-state index is 14.5. The highest BCUT2D eigenvalue weighted by Gasteiger charge is 2.34. The molecule has 1 aromatic heterocycles. The van der Waals surface area contributed by atoms with Crippen molar-refractivity contribution >= 4 is 33.4 Å². The first kappa shape index (κ1) is 30.8. The number of hydrogen-bond donors (Lipinski definition) is 1. The molecule has 1 fully saturated rings. The van der Waals surface area contributed by atoms with Crippen molar-refractivity contribution < 1.29 is 35.3 Å². The average Bonchev–Trinajstić information content (AvgIpc) is 2.93. The van der Waals surface area contributed by atoms with Crippen LogP contribution in [0.2, 0.25) is 0 Å². The summed E-state index contributed by atoms with van der Waals surface area (Å²) in [5.41, 5.74) is -0.384. The standard InChI is InChI=1S/C28H28F5N3O3S2/c1-41(38,39)36(33)22-7-5-6-19(16-22)25(18-10-13-21(29)14-11-18)26(37)34-17-20-12-15-24(28(30,31)32)35-27(20)40-23-8-3-2-4-9-23/h5-7,10-16,23,25H,2-4,8-9,17H2,1H3,(H,34,37). The Morgan fingerprint density at radius 3 is 2.37 bits per heavy atom. The number of sulfonamides is 1. The molecule has 1 aliphatic rings. The molecule has 2 aromatic carbocycles. The third-order valence-electron chi connectivity index (χ3n) is 6.68. The van der Waals surface area contributed by atoms with E-state index in [4.69, 9.17) is 0 Å². The first-order valence-corrected chi connectivity index (χ1v) is 15.6. The van der Waals surface area contributed by atoms with Gasteiger partial charge in [0.05, 0.1) is 17.9 Å². The molecule has 1 amide bonds. The molecule has 220 valence electrons. The van der Waals surface area contributed by atoms with Gasteiger partial charge in [0.2, 0.25) is 5.91 Å². The van der Waals surface area contributed by atoms with Crippen molar-refractivity contribution in [2.75, 3.05) is 10.8 Å².